The highest BCUT2D eigenvalue weighted by atomic mass is 16.6. The van der Waals surface area contributed by atoms with Crippen molar-refractivity contribution in [3.63, 3.8) is 0 Å². The number of hydrogen-bond donors (Lipinski definition) is 0. The average Bonchev–Trinajstić information content (AvgIpc) is 3.35. The van der Waals surface area contributed by atoms with Gasteiger partial charge in [0.25, 0.3) is 5.69 Å². The van der Waals surface area contributed by atoms with E-state index in [2.05, 4.69) is 0 Å². The van der Waals surface area contributed by atoms with Gasteiger partial charge in [-0.3, -0.25) is 34.2 Å². The van der Waals surface area contributed by atoms with E-state index < -0.39 is 16.8 Å². The topological polar surface area (TPSA) is 136 Å². The smallest absolute Gasteiger partial charge is 0.316 e. The highest BCUT2D eigenvalue weighted by molar-refractivity contribution is 6.19. The van der Waals surface area contributed by atoms with Crippen LogP contribution in [-0.4, -0.2) is 42.3 Å². The fourth-order valence-corrected chi connectivity index (χ4v) is 3.83. The number of non-ortho nitro benzene ring substituents is 1. The fraction of sp³-hybridized carbons (Fsp3) is 0.273. The average molecular weight is 453 g/mol. The molecule has 0 N–H and O–H groups in total. The van der Waals surface area contributed by atoms with Crippen LogP contribution in [0.2, 0.25) is 0 Å². The second kappa shape index (κ2) is 8.69. The number of benzene rings is 2. The SMILES string of the molecule is COc1cc([N+](=O)[O-])ccc1N1C[C@@H](C(=O)Oc2ccc(N3C(=O)CCC3=O)cc2)CC1=O. The molecule has 11 heteroatoms. The zero-order chi connectivity index (χ0) is 23.7. The predicted molar refractivity (Wildman–Crippen MR) is 114 cm³/mol. The normalized spacial score (nSPS) is 18.1. The second-order valence-corrected chi connectivity index (χ2v) is 7.56. The maximum absolute atomic E-state index is 12.6. The quantitative estimate of drug-likeness (QED) is 0.213. The number of anilines is 2. The zero-order valence-corrected chi connectivity index (χ0v) is 17.6. The molecule has 4 rings (SSSR count). The second-order valence-electron chi connectivity index (χ2n) is 7.56. The van der Waals surface area contributed by atoms with Gasteiger partial charge in [0.15, 0.2) is 0 Å². The molecule has 0 aliphatic carbocycles. The first-order valence-corrected chi connectivity index (χ1v) is 10.1. The number of nitro groups is 1. The highest BCUT2D eigenvalue weighted by Crippen LogP contribution is 2.36. The number of rotatable bonds is 6. The molecule has 2 saturated heterocycles. The summed E-state index contributed by atoms with van der Waals surface area (Å²) >= 11 is 0. The monoisotopic (exact) mass is 453 g/mol. The molecule has 2 heterocycles. The first-order chi connectivity index (χ1) is 15.8. The lowest BCUT2D eigenvalue weighted by Crippen LogP contribution is -2.28. The minimum Gasteiger partial charge on any atom is -0.494 e. The Labute approximate surface area is 187 Å². The number of esters is 1. The third-order valence-corrected chi connectivity index (χ3v) is 5.49. The summed E-state index contributed by atoms with van der Waals surface area (Å²) in [4.78, 5) is 61.7. The van der Waals surface area contributed by atoms with Gasteiger partial charge in [-0.1, -0.05) is 0 Å². The van der Waals surface area contributed by atoms with Gasteiger partial charge in [0.1, 0.15) is 11.5 Å². The van der Waals surface area contributed by atoms with Crippen LogP contribution in [0.5, 0.6) is 11.5 Å². The molecule has 170 valence electrons. The van der Waals surface area contributed by atoms with Crippen LogP contribution in [0, 0.1) is 16.0 Å². The van der Waals surface area contributed by atoms with Gasteiger partial charge in [0.2, 0.25) is 17.7 Å². The Morgan fingerprint density at radius 2 is 1.70 bits per heavy atom. The Morgan fingerprint density at radius 1 is 1.03 bits per heavy atom. The summed E-state index contributed by atoms with van der Waals surface area (Å²) in [5.41, 5.74) is 0.543. The number of nitrogens with zero attached hydrogens (tertiary/aromatic N) is 3. The third kappa shape index (κ3) is 4.25. The molecule has 2 aromatic rings. The summed E-state index contributed by atoms with van der Waals surface area (Å²) in [6, 6.07) is 9.84. The Balaban J connectivity index is 1.44. The van der Waals surface area contributed by atoms with Crippen LogP contribution in [0.3, 0.4) is 0 Å². The molecule has 3 amide bonds. The zero-order valence-electron chi connectivity index (χ0n) is 17.6. The van der Waals surface area contributed by atoms with Crippen molar-refractivity contribution in [2.75, 3.05) is 23.5 Å². The third-order valence-electron chi connectivity index (χ3n) is 5.49. The van der Waals surface area contributed by atoms with E-state index in [1.807, 2.05) is 0 Å². The fourth-order valence-electron chi connectivity index (χ4n) is 3.83. The van der Waals surface area contributed by atoms with Gasteiger partial charge in [0.05, 0.1) is 35.4 Å². The van der Waals surface area contributed by atoms with Crippen LogP contribution < -0.4 is 19.3 Å². The van der Waals surface area contributed by atoms with Gasteiger partial charge in [-0.25, -0.2) is 0 Å². The van der Waals surface area contributed by atoms with E-state index in [9.17, 15) is 29.3 Å². The molecule has 0 saturated carbocycles. The predicted octanol–water partition coefficient (Wildman–Crippen LogP) is 2.22. The summed E-state index contributed by atoms with van der Waals surface area (Å²) in [5.74, 6) is -1.92. The minimum absolute atomic E-state index is 0.0285. The van der Waals surface area contributed by atoms with Crippen molar-refractivity contribution >= 4 is 40.8 Å². The highest BCUT2D eigenvalue weighted by Gasteiger charge is 2.38. The molecule has 2 fully saturated rings. The van der Waals surface area contributed by atoms with Crippen molar-refractivity contribution in [2.45, 2.75) is 19.3 Å². The van der Waals surface area contributed by atoms with E-state index in [0.29, 0.717) is 11.4 Å². The molecule has 1 atom stereocenters. The van der Waals surface area contributed by atoms with Gasteiger partial charge in [-0.15, -0.1) is 0 Å². The largest absolute Gasteiger partial charge is 0.494 e. The number of nitro benzene ring substituents is 1. The molecule has 0 aromatic heterocycles. The Bertz CT molecular complexity index is 1140. The lowest BCUT2D eigenvalue weighted by atomic mass is 10.1. The van der Waals surface area contributed by atoms with Crippen LogP contribution in [0.15, 0.2) is 42.5 Å². The first-order valence-electron chi connectivity index (χ1n) is 10.1. The lowest BCUT2D eigenvalue weighted by molar-refractivity contribution is -0.384. The molecule has 33 heavy (non-hydrogen) atoms. The molecule has 2 aliphatic rings. The van der Waals surface area contributed by atoms with Gasteiger partial charge >= 0.3 is 5.97 Å². The van der Waals surface area contributed by atoms with Crippen LogP contribution in [-0.2, 0) is 19.2 Å². The molecule has 0 bridgehead atoms. The first kappa shape index (κ1) is 21.9. The maximum Gasteiger partial charge on any atom is 0.316 e. The molecule has 0 spiro atoms. The number of amides is 3. The Kier molecular flexibility index (Phi) is 5.78. The van der Waals surface area contributed by atoms with Crippen molar-refractivity contribution in [1.29, 1.82) is 0 Å². The number of ether oxygens (including phenoxy) is 2. The van der Waals surface area contributed by atoms with E-state index in [0.717, 1.165) is 4.90 Å². The van der Waals surface area contributed by atoms with Crippen LogP contribution in [0.1, 0.15) is 19.3 Å². The molecule has 0 radical (unpaired) electrons. The van der Waals surface area contributed by atoms with Crippen molar-refractivity contribution in [1.82, 2.24) is 0 Å². The van der Waals surface area contributed by atoms with Crippen molar-refractivity contribution in [2.24, 2.45) is 5.92 Å². The molecule has 2 aromatic carbocycles. The minimum atomic E-state index is -0.751. The Morgan fingerprint density at radius 3 is 2.30 bits per heavy atom. The van der Waals surface area contributed by atoms with Crippen LogP contribution in [0.4, 0.5) is 17.1 Å². The number of methoxy groups -OCH3 is 1. The van der Waals surface area contributed by atoms with E-state index in [-0.39, 0.29) is 60.7 Å². The van der Waals surface area contributed by atoms with E-state index in [1.54, 1.807) is 0 Å². The van der Waals surface area contributed by atoms with Gasteiger partial charge in [0, 0.05) is 31.9 Å². The lowest BCUT2D eigenvalue weighted by Gasteiger charge is -2.19. The number of carbonyl (C=O) groups excluding carboxylic acids is 4. The molecule has 0 unspecified atom stereocenters. The standard InChI is InChI=1S/C22H19N3O8/c1-32-18-11-15(25(30)31)4-7-17(18)23-12-13(10-21(23)28)22(29)33-16-5-2-14(3-6-16)24-19(26)8-9-20(24)27/h2-7,11,13H,8-10,12H2,1H3/t13-/m0/s1. The van der Waals surface area contributed by atoms with E-state index >= 15 is 0 Å². The summed E-state index contributed by atoms with van der Waals surface area (Å²) in [7, 11) is 1.34. The summed E-state index contributed by atoms with van der Waals surface area (Å²) in [6.45, 7) is 0.0285. The number of carbonyl (C=O) groups is 4. The van der Waals surface area contributed by atoms with Gasteiger partial charge in [-0.2, -0.15) is 0 Å². The van der Waals surface area contributed by atoms with E-state index in [4.69, 9.17) is 9.47 Å². The number of imide groups is 1. The molecular weight excluding hydrogens is 434 g/mol. The Hall–Kier alpha value is -4.28. The van der Waals surface area contributed by atoms with Crippen molar-refractivity contribution in [3.8, 4) is 11.5 Å². The van der Waals surface area contributed by atoms with Gasteiger partial charge in [-0.05, 0) is 30.3 Å². The summed E-state index contributed by atoms with van der Waals surface area (Å²) in [6.07, 6.45) is 0.247. The summed E-state index contributed by atoms with van der Waals surface area (Å²) in [5, 5.41) is 11.0. The molecule has 2 aliphatic heterocycles. The summed E-state index contributed by atoms with van der Waals surface area (Å²) < 4.78 is 10.6. The van der Waals surface area contributed by atoms with Crippen molar-refractivity contribution < 1.29 is 33.6 Å². The van der Waals surface area contributed by atoms with Crippen LogP contribution >= 0.6 is 0 Å². The van der Waals surface area contributed by atoms with Crippen molar-refractivity contribution in [3.05, 3.63) is 52.6 Å². The van der Waals surface area contributed by atoms with Crippen LogP contribution in [0.25, 0.3) is 0 Å². The van der Waals surface area contributed by atoms with E-state index in [1.165, 1.54) is 54.5 Å². The number of hydrogen-bond acceptors (Lipinski definition) is 8. The van der Waals surface area contributed by atoms with Gasteiger partial charge < -0.3 is 14.4 Å². The molecule has 11 nitrogen and oxygen atoms in total. The maximum atomic E-state index is 12.6. The molecular formula is C22H19N3O8.